The highest BCUT2D eigenvalue weighted by Crippen LogP contribution is 2.18. The molecule has 0 saturated carbocycles. The molecular formula is C16H20ClN3OS. The predicted molar refractivity (Wildman–Crippen MR) is 94.1 cm³/mol. The third-order valence-corrected chi connectivity index (χ3v) is 4.04. The van der Waals surface area contributed by atoms with Gasteiger partial charge in [-0.25, -0.2) is 0 Å². The van der Waals surface area contributed by atoms with Crippen LogP contribution in [0.4, 0.5) is 0 Å². The second kappa shape index (κ2) is 8.66. The summed E-state index contributed by atoms with van der Waals surface area (Å²) in [5, 5.41) is 9.26. The van der Waals surface area contributed by atoms with Crippen molar-refractivity contribution in [1.29, 1.82) is 0 Å². The first kappa shape index (κ1) is 16.6. The van der Waals surface area contributed by atoms with Gasteiger partial charge in [0.05, 0.1) is 13.1 Å². The van der Waals surface area contributed by atoms with Crippen molar-refractivity contribution in [1.82, 2.24) is 10.6 Å². The van der Waals surface area contributed by atoms with E-state index in [1.165, 1.54) is 4.88 Å². The Labute approximate surface area is 140 Å². The van der Waals surface area contributed by atoms with Crippen LogP contribution in [-0.2, 0) is 6.54 Å². The highest BCUT2D eigenvalue weighted by molar-refractivity contribution is 7.09. The first-order valence-electron chi connectivity index (χ1n) is 7.06. The third-order valence-electron chi connectivity index (χ3n) is 2.92. The Hall–Kier alpha value is -1.72. The Kier molecular flexibility index (Phi) is 6.55. The number of benzene rings is 1. The van der Waals surface area contributed by atoms with Gasteiger partial charge in [0.1, 0.15) is 11.9 Å². The van der Waals surface area contributed by atoms with Gasteiger partial charge in [-0.05, 0) is 36.6 Å². The summed E-state index contributed by atoms with van der Waals surface area (Å²) in [6.45, 7) is 3.41. The minimum Gasteiger partial charge on any atom is -0.489 e. The second-order valence-electron chi connectivity index (χ2n) is 4.77. The van der Waals surface area contributed by atoms with Gasteiger partial charge < -0.3 is 15.4 Å². The maximum absolute atomic E-state index is 5.94. The molecule has 0 amide bonds. The van der Waals surface area contributed by atoms with E-state index in [1.807, 2.05) is 37.3 Å². The van der Waals surface area contributed by atoms with E-state index in [2.05, 4.69) is 27.1 Å². The van der Waals surface area contributed by atoms with Crippen molar-refractivity contribution < 1.29 is 4.74 Å². The molecule has 0 aliphatic rings. The zero-order valence-electron chi connectivity index (χ0n) is 12.7. The zero-order valence-corrected chi connectivity index (χ0v) is 14.2. The number of hydrogen-bond acceptors (Lipinski definition) is 3. The Bertz CT molecular complexity index is 601. The number of aliphatic imine (C=N–C) groups is 1. The topological polar surface area (TPSA) is 45.7 Å². The van der Waals surface area contributed by atoms with Crippen LogP contribution >= 0.6 is 22.9 Å². The number of thiophene rings is 1. The maximum atomic E-state index is 5.94. The van der Waals surface area contributed by atoms with Crippen molar-refractivity contribution in [3.63, 3.8) is 0 Å². The predicted octanol–water partition coefficient (Wildman–Crippen LogP) is 3.53. The average Bonchev–Trinajstić information content (AvgIpc) is 3.01. The molecule has 0 aliphatic heterocycles. The van der Waals surface area contributed by atoms with Gasteiger partial charge in [0.2, 0.25) is 0 Å². The number of nitrogens with zero attached hydrogens (tertiary/aromatic N) is 1. The van der Waals surface area contributed by atoms with Crippen LogP contribution in [0, 0.1) is 0 Å². The van der Waals surface area contributed by atoms with E-state index < -0.39 is 0 Å². The molecule has 2 N–H and O–H groups in total. The number of rotatable bonds is 6. The number of ether oxygens (including phenoxy) is 1. The molecule has 1 aromatic heterocycles. The molecule has 1 unspecified atom stereocenters. The lowest BCUT2D eigenvalue weighted by atomic mass is 10.3. The molecular weight excluding hydrogens is 318 g/mol. The third kappa shape index (κ3) is 5.58. The molecule has 1 aromatic carbocycles. The van der Waals surface area contributed by atoms with E-state index in [-0.39, 0.29) is 6.10 Å². The molecule has 0 fully saturated rings. The summed E-state index contributed by atoms with van der Waals surface area (Å²) in [5.74, 6) is 1.53. The number of guanidine groups is 1. The molecule has 4 nitrogen and oxygen atoms in total. The molecule has 0 aliphatic carbocycles. The first-order chi connectivity index (χ1) is 10.7. The highest BCUT2D eigenvalue weighted by atomic mass is 35.5. The van der Waals surface area contributed by atoms with E-state index in [1.54, 1.807) is 18.4 Å². The van der Waals surface area contributed by atoms with E-state index in [9.17, 15) is 0 Å². The van der Waals surface area contributed by atoms with Crippen LogP contribution in [-0.4, -0.2) is 25.7 Å². The number of nitrogens with one attached hydrogen (secondary N) is 2. The van der Waals surface area contributed by atoms with Crippen LogP contribution in [0.3, 0.4) is 0 Å². The van der Waals surface area contributed by atoms with Gasteiger partial charge in [0.15, 0.2) is 5.96 Å². The van der Waals surface area contributed by atoms with Crippen LogP contribution in [0.15, 0.2) is 46.8 Å². The Morgan fingerprint density at radius 1 is 1.32 bits per heavy atom. The average molecular weight is 338 g/mol. The summed E-state index contributed by atoms with van der Waals surface area (Å²) >= 11 is 7.67. The molecule has 2 rings (SSSR count). The van der Waals surface area contributed by atoms with Gasteiger partial charge in [-0.3, -0.25) is 4.99 Å². The monoisotopic (exact) mass is 337 g/mol. The molecule has 1 heterocycles. The zero-order chi connectivity index (χ0) is 15.8. The van der Waals surface area contributed by atoms with Gasteiger partial charge in [0, 0.05) is 16.9 Å². The molecule has 2 aromatic rings. The molecule has 22 heavy (non-hydrogen) atoms. The largest absolute Gasteiger partial charge is 0.489 e. The number of halogens is 1. The highest BCUT2D eigenvalue weighted by Gasteiger charge is 2.06. The maximum Gasteiger partial charge on any atom is 0.191 e. The van der Waals surface area contributed by atoms with E-state index in [4.69, 9.17) is 16.3 Å². The molecule has 0 bridgehead atoms. The normalized spacial score (nSPS) is 12.8. The minimum atomic E-state index is -0.00115. The molecule has 1 atom stereocenters. The summed E-state index contributed by atoms with van der Waals surface area (Å²) in [7, 11) is 1.76. The lowest BCUT2D eigenvalue weighted by Gasteiger charge is -2.17. The quantitative estimate of drug-likeness (QED) is 0.626. The first-order valence-corrected chi connectivity index (χ1v) is 8.32. The van der Waals surface area contributed by atoms with Crippen LogP contribution < -0.4 is 15.4 Å². The van der Waals surface area contributed by atoms with Gasteiger partial charge >= 0.3 is 0 Å². The second-order valence-corrected chi connectivity index (χ2v) is 6.24. The van der Waals surface area contributed by atoms with Crippen LogP contribution in [0.1, 0.15) is 11.8 Å². The SMILES string of the molecule is CN=C(NCc1cccs1)NCC(C)Oc1cccc(Cl)c1. The van der Waals surface area contributed by atoms with E-state index >= 15 is 0 Å². The van der Waals surface area contributed by atoms with Crippen molar-refractivity contribution in [3.8, 4) is 5.75 Å². The Morgan fingerprint density at radius 3 is 2.86 bits per heavy atom. The Balaban J connectivity index is 1.75. The number of hydrogen-bond donors (Lipinski definition) is 2. The summed E-state index contributed by atoms with van der Waals surface area (Å²) in [6, 6.07) is 11.5. The summed E-state index contributed by atoms with van der Waals surface area (Å²) in [5.41, 5.74) is 0. The lowest BCUT2D eigenvalue weighted by molar-refractivity contribution is 0.224. The molecule has 118 valence electrons. The minimum absolute atomic E-state index is 0.00115. The fraction of sp³-hybridized carbons (Fsp3) is 0.312. The molecule has 0 saturated heterocycles. The van der Waals surface area contributed by atoms with Gasteiger partial charge in [-0.1, -0.05) is 23.7 Å². The molecule has 0 radical (unpaired) electrons. The van der Waals surface area contributed by atoms with Crippen LogP contribution in [0.5, 0.6) is 5.75 Å². The van der Waals surface area contributed by atoms with Gasteiger partial charge in [-0.15, -0.1) is 11.3 Å². The van der Waals surface area contributed by atoms with Crippen molar-refractivity contribution in [3.05, 3.63) is 51.7 Å². The summed E-state index contributed by atoms with van der Waals surface area (Å²) in [4.78, 5) is 5.47. The van der Waals surface area contributed by atoms with Gasteiger partial charge in [0.25, 0.3) is 0 Å². The fourth-order valence-electron chi connectivity index (χ4n) is 1.86. The van der Waals surface area contributed by atoms with Crippen molar-refractivity contribution in [2.75, 3.05) is 13.6 Å². The smallest absolute Gasteiger partial charge is 0.191 e. The summed E-state index contributed by atoms with van der Waals surface area (Å²) < 4.78 is 5.81. The van der Waals surface area contributed by atoms with Crippen molar-refractivity contribution in [2.45, 2.75) is 19.6 Å². The van der Waals surface area contributed by atoms with Gasteiger partial charge in [-0.2, -0.15) is 0 Å². The van der Waals surface area contributed by atoms with Crippen LogP contribution in [0.2, 0.25) is 5.02 Å². The summed E-state index contributed by atoms with van der Waals surface area (Å²) in [6.07, 6.45) is -0.00115. The standard InChI is InChI=1S/C16H20ClN3OS/c1-12(21-14-6-3-5-13(17)9-14)10-19-16(18-2)20-11-15-7-4-8-22-15/h3-9,12H,10-11H2,1-2H3,(H2,18,19,20). The lowest BCUT2D eigenvalue weighted by Crippen LogP contribution is -2.41. The van der Waals surface area contributed by atoms with E-state index in [0.29, 0.717) is 11.6 Å². The molecule has 6 heteroatoms. The fourth-order valence-corrected chi connectivity index (χ4v) is 2.68. The molecule has 0 spiro atoms. The van der Waals surface area contributed by atoms with Crippen molar-refractivity contribution >= 4 is 28.9 Å². The van der Waals surface area contributed by atoms with Crippen LogP contribution in [0.25, 0.3) is 0 Å². The van der Waals surface area contributed by atoms with E-state index in [0.717, 1.165) is 18.3 Å². The Morgan fingerprint density at radius 2 is 2.18 bits per heavy atom. The van der Waals surface area contributed by atoms with Crippen molar-refractivity contribution in [2.24, 2.45) is 4.99 Å².